The maximum absolute atomic E-state index is 12.8. The molecule has 1 unspecified atom stereocenters. The molecule has 150 valence electrons. The Morgan fingerprint density at radius 1 is 1.39 bits per heavy atom. The number of hydrogen-bond donors (Lipinski definition) is 0. The maximum atomic E-state index is 12.8. The molecule has 1 aliphatic rings. The summed E-state index contributed by atoms with van der Waals surface area (Å²) in [6, 6.07) is 7.18. The quantitative estimate of drug-likeness (QED) is 0.480. The lowest BCUT2D eigenvalue weighted by molar-refractivity contribution is -0.385. The van der Waals surface area contributed by atoms with Crippen LogP contribution in [0.5, 0.6) is 5.75 Å². The Morgan fingerprint density at radius 3 is 2.79 bits per heavy atom. The first-order valence-corrected chi connectivity index (χ1v) is 11.4. The third-order valence-corrected chi connectivity index (χ3v) is 7.19. The van der Waals surface area contributed by atoms with Crippen LogP contribution in [0.15, 0.2) is 35.7 Å². The lowest BCUT2D eigenvalue weighted by Crippen LogP contribution is -2.42. The summed E-state index contributed by atoms with van der Waals surface area (Å²) in [5.74, 6) is -0.557. The fourth-order valence-electron chi connectivity index (χ4n) is 2.99. The summed E-state index contributed by atoms with van der Waals surface area (Å²) in [6.07, 6.45) is 0.362. The Labute approximate surface area is 170 Å². The minimum absolute atomic E-state index is 0.0371. The van der Waals surface area contributed by atoms with E-state index in [0.29, 0.717) is 6.42 Å². The fourth-order valence-corrected chi connectivity index (χ4v) is 5.59. The molecule has 2 aromatic rings. The summed E-state index contributed by atoms with van der Waals surface area (Å²) >= 11 is 7.24. The van der Waals surface area contributed by atoms with E-state index >= 15 is 0 Å². The van der Waals surface area contributed by atoms with Gasteiger partial charge in [0.15, 0.2) is 22.2 Å². The van der Waals surface area contributed by atoms with E-state index in [1.165, 1.54) is 28.4 Å². The van der Waals surface area contributed by atoms with Crippen LogP contribution in [0, 0.1) is 10.1 Å². The first kappa shape index (κ1) is 20.6. The maximum Gasteiger partial charge on any atom is 0.312 e. The number of halogens is 1. The van der Waals surface area contributed by atoms with Gasteiger partial charge in [-0.25, -0.2) is 8.42 Å². The molecule has 3 rings (SSSR count). The number of carbonyl (C=O) groups is 1. The number of amides is 1. The molecule has 11 heteroatoms. The topological polar surface area (TPSA) is 107 Å². The average molecular weight is 445 g/mol. The highest BCUT2D eigenvalue weighted by Gasteiger charge is 2.35. The minimum atomic E-state index is -3.18. The zero-order valence-corrected chi connectivity index (χ0v) is 17.0. The first-order chi connectivity index (χ1) is 13.2. The molecule has 0 radical (unpaired) electrons. The van der Waals surface area contributed by atoms with Crippen LogP contribution in [0.4, 0.5) is 5.69 Å². The number of thiophene rings is 1. The van der Waals surface area contributed by atoms with Crippen molar-refractivity contribution in [3.63, 3.8) is 0 Å². The number of carbonyl (C=O) groups excluding carboxylic acids is 1. The molecule has 0 spiro atoms. The highest BCUT2D eigenvalue weighted by atomic mass is 35.5. The number of hydrogen-bond acceptors (Lipinski definition) is 7. The van der Waals surface area contributed by atoms with Gasteiger partial charge < -0.3 is 9.64 Å². The van der Waals surface area contributed by atoms with Crippen LogP contribution in [0.1, 0.15) is 11.3 Å². The number of ether oxygens (including phenoxy) is 1. The minimum Gasteiger partial charge on any atom is -0.477 e. The van der Waals surface area contributed by atoms with E-state index in [0.717, 1.165) is 10.9 Å². The summed E-state index contributed by atoms with van der Waals surface area (Å²) in [7, 11) is -3.18. The second kappa shape index (κ2) is 8.46. The lowest BCUT2D eigenvalue weighted by atomic mass is 10.2. The Kier molecular flexibility index (Phi) is 6.21. The highest BCUT2D eigenvalue weighted by Crippen LogP contribution is 2.30. The van der Waals surface area contributed by atoms with Crippen LogP contribution < -0.4 is 4.74 Å². The van der Waals surface area contributed by atoms with Crippen molar-refractivity contribution < 1.29 is 22.9 Å². The van der Waals surface area contributed by atoms with Crippen molar-refractivity contribution >= 4 is 44.4 Å². The summed E-state index contributed by atoms with van der Waals surface area (Å²) < 4.78 is 29.1. The number of nitro groups is 1. The highest BCUT2D eigenvalue weighted by molar-refractivity contribution is 7.91. The monoisotopic (exact) mass is 444 g/mol. The molecule has 1 atom stereocenters. The van der Waals surface area contributed by atoms with E-state index in [2.05, 4.69) is 0 Å². The van der Waals surface area contributed by atoms with Crippen LogP contribution in [0.3, 0.4) is 0 Å². The van der Waals surface area contributed by atoms with Crippen molar-refractivity contribution in [2.45, 2.75) is 19.0 Å². The molecule has 0 aliphatic carbocycles. The third kappa shape index (κ3) is 5.00. The zero-order chi connectivity index (χ0) is 20.3. The number of nitro benzene ring substituents is 1. The van der Waals surface area contributed by atoms with E-state index in [1.54, 1.807) is 0 Å². The Bertz CT molecular complexity index is 978. The fraction of sp³-hybridized carbons (Fsp3) is 0.353. The predicted molar refractivity (Wildman–Crippen MR) is 106 cm³/mol. The van der Waals surface area contributed by atoms with Gasteiger partial charge in [0.2, 0.25) is 0 Å². The van der Waals surface area contributed by atoms with Crippen molar-refractivity contribution in [1.82, 2.24) is 4.90 Å². The average Bonchev–Trinajstić information content (AvgIpc) is 3.27. The van der Waals surface area contributed by atoms with Crippen LogP contribution >= 0.6 is 22.9 Å². The lowest BCUT2D eigenvalue weighted by Gasteiger charge is -2.27. The van der Waals surface area contributed by atoms with Crippen molar-refractivity contribution in [3.05, 3.63) is 55.7 Å². The van der Waals surface area contributed by atoms with Gasteiger partial charge in [-0.2, -0.15) is 0 Å². The molecule has 8 nitrogen and oxygen atoms in total. The second-order valence-corrected chi connectivity index (χ2v) is 10.0. The smallest absolute Gasteiger partial charge is 0.312 e. The molecule has 1 aromatic carbocycles. The molecule has 1 amide bonds. The first-order valence-electron chi connectivity index (χ1n) is 8.34. The van der Waals surface area contributed by atoms with Crippen molar-refractivity contribution in [2.24, 2.45) is 0 Å². The van der Waals surface area contributed by atoms with Crippen LogP contribution in [0.2, 0.25) is 5.02 Å². The van der Waals surface area contributed by atoms with E-state index < -0.39 is 33.3 Å². The van der Waals surface area contributed by atoms with Gasteiger partial charge in [0.05, 0.1) is 23.0 Å². The molecule has 2 heterocycles. The van der Waals surface area contributed by atoms with E-state index in [4.69, 9.17) is 16.3 Å². The molecular weight excluding hydrogens is 428 g/mol. The number of nitrogens with zero attached hydrogens (tertiary/aromatic N) is 2. The van der Waals surface area contributed by atoms with Gasteiger partial charge in [0, 0.05) is 22.0 Å². The van der Waals surface area contributed by atoms with Gasteiger partial charge in [0.1, 0.15) is 0 Å². The largest absolute Gasteiger partial charge is 0.477 e. The van der Waals surface area contributed by atoms with E-state index in [1.807, 2.05) is 17.5 Å². The Balaban J connectivity index is 1.75. The number of sulfone groups is 1. The third-order valence-electron chi connectivity index (χ3n) is 4.34. The zero-order valence-electron chi connectivity index (χ0n) is 14.6. The van der Waals surface area contributed by atoms with E-state index in [-0.39, 0.29) is 34.5 Å². The number of rotatable bonds is 7. The molecule has 1 aromatic heterocycles. The molecule has 0 saturated carbocycles. The molecule has 0 bridgehead atoms. The molecular formula is C17H17ClN2O6S2. The van der Waals surface area contributed by atoms with Crippen LogP contribution in [0.25, 0.3) is 0 Å². The van der Waals surface area contributed by atoms with Crippen molar-refractivity contribution in [1.29, 1.82) is 0 Å². The van der Waals surface area contributed by atoms with Gasteiger partial charge >= 0.3 is 5.69 Å². The molecule has 28 heavy (non-hydrogen) atoms. The van der Waals surface area contributed by atoms with Gasteiger partial charge in [-0.3, -0.25) is 14.9 Å². The van der Waals surface area contributed by atoms with Crippen LogP contribution in [-0.2, 0) is 21.2 Å². The normalized spacial score (nSPS) is 18.0. The summed E-state index contributed by atoms with van der Waals surface area (Å²) in [5, 5.41) is 13.2. The standard InChI is InChI=1S/C17H17ClN2O6S2/c18-12-3-4-16(15(8-12)20(22)23)26-10-17(21)19(9-14-2-1-6-27-14)13-5-7-28(24,25)11-13/h1-4,6,8,13H,5,7,9-11H2. The molecule has 0 N–H and O–H groups in total. The summed E-state index contributed by atoms with van der Waals surface area (Å²) in [4.78, 5) is 25.7. The van der Waals surface area contributed by atoms with Gasteiger partial charge in [-0.15, -0.1) is 11.3 Å². The van der Waals surface area contributed by atoms with Crippen molar-refractivity contribution in [2.75, 3.05) is 18.1 Å². The summed E-state index contributed by atoms with van der Waals surface area (Å²) in [5.41, 5.74) is -0.339. The van der Waals surface area contributed by atoms with Gasteiger partial charge in [-0.1, -0.05) is 17.7 Å². The molecule has 1 aliphatic heterocycles. The second-order valence-electron chi connectivity index (χ2n) is 6.32. The molecule has 1 saturated heterocycles. The van der Waals surface area contributed by atoms with Crippen molar-refractivity contribution in [3.8, 4) is 5.75 Å². The van der Waals surface area contributed by atoms with Gasteiger partial charge in [0.25, 0.3) is 5.91 Å². The predicted octanol–water partition coefficient (Wildman–Crippen LogP) is 2.90. The Morgan fingerprint density at radius 2 is 2.18 bits per heavy atom. The van der Waals surface area contributed by atoms with Gasteiger partial charge in [-0.05, 0) is 30.0 Å². The number of benzene rings is 1. The summed E-state index contributed by atoms with van der Waals surface area (Å²) in [6.45, 7) is -0.173. The molecule has 1 fully saturated rings. The SMILES string of the molecule is O=C(COc1ccc(Cl)cc1[N+](=O)[O-])N(Cc1cccs1)C1CCS(=O)(=O)C1. The van der Waals surface area contributed by atoms with Crippen LogP contribution in [-0.4, -0.2) is 48.3 Å². The van der Waals surface area contributed by atoms with E-state index in [9.17, 15) is 23.3 Å². The Hall–Kier alpha value is -2.17.